The van der Waals surface area contributed by atoms with Crippen LogP contribution in [0.3, 0.4) is 0 Å². The Morgan fingerprint density at radius 1 is 0.966 bits per heavy atom. The summed E-state index contributed by atoms with van der Waals surface area (Å²) in [4.78, 5) is 34.7. The topological polar surface area (TPSA) is 150 Å². The van der Waals surface area contributed by atoms with Gasteiger partial charge in [-0.3, -0.25) is 14.2 Å². The third-order valence-corrected chi connectivity index (χ3v) is 12.4. The number of anilines is 1. The van der Waals surface area contributed by atoms with Crippen LogP contribution < -0.4 is 25.4 Å². The Morgan fingerprint density at radius 3 is 2.52 bits per heavy atom. The monoisotopic (exact) mass is 782 g/mol. The first-order valence-electron chi connectivity index (χ1n) is 20.2. The lowest BCUT2D eigenvalue weighted by Crippen LogP contribution is -2.44. The van der Waals surface area contributed by atoms with Crippen LogP contribution in [0.5, 0.6) is 11.8 Å². The second kappa shape index (κ2) is 13.9. The number of nitrogens with zero attached hydrogens (tertiary/aromatic N) is 8. The zero-order chi connectivity index (χ0) is 39.1. The Hall–Kier alpha value is -5.93. The molecule has 0 unspecified atom stereocenters. The van der Waals surface area contributed by atoms with Crippen molar-refractivity contribution >= 4 is 38.9 Å². The first-order chi connectivity index (χ1) is 28.4. The second-order valence-corrected chi connectivity index (χ2v) is 16.2. The zero-order valence-corrected chi connectivity index (χ0v) is 32.4. The number of ether oxygens (including phenoxy) is 3. The van der Waals surface area contributed by atoms with Gasteiger partial charge in [0.2, 0.25) is 0 Å². The van der Waals surface area contributed by atoms with Crippen LogP contribution in [0.25, 0.3) is 44.2 Å². The first kappa shape index (κ1) is 35.2. The van der Waals surface area contributed by atoms with Crippen LogP contribution in [-0.4, -0.2) is 83.8 Å². The number of rotatable bonds is 10. The number of piperazine rings is 1. The summed E-state index contributed by atoms with van der Waals surface area (Å²) in [6.07, 6.45) is 9.48. The predicted octanol–water partition coefficient (Wildman–Crippen LogP) is 5.68. The molecule has 4 fully saturated rings. The van der Waals surface area contributed by atoms with Crippen molar-refractivity contribution in [2.45, 2.75) is 76.3 Å². The van der Waals surface area contributed by atoms with E-state index in [0.29, 0.717) is 71.5 Å². The highest BCUT2D eigenvalue weighted by molar-refractivity contribution is 6.06. The molecule has 15 heteroatoms. The van der Waals surface area contributed by atoms with E-state index in [1.165, 1.54) is 10.6 Å². The highest BCUT2D eigenvalue weighted by atomic mass is 19.1. The maximum atomic E-state index is 15.9. The SMILES string of the molecule is Cc1c(F)cc2[nH]ncc2c1-c1c(C2CC2)cc2c(N3C[C@@H]4C[C@H]3CN4)nc(OC3CCOCC3)nc2c1OCc1ccc(Cn2c(=O)n(C)c3nccnc32)cc1. The molecule has 3 aliphatic heterocycles. The third-order valence-electron chi connectivity index (χ3n) is 12.4. The molecule has 14 nitrogen and oxygen atoms in total. The van der Waals surface area contributed by atoms with Crippen LogP contribution in [0.4, 0.5) is 10.2 Å². The smallest absolute Gasteiger partial charge is 0.331 e. The van der Waals surface area contributed by atoms with Crippen LogP contribution in [0.1, 0.15) is 60.3 Å². The number of hydrogen-bond acceptors (Lipinski definition) is 11. The summed E-state index contributed by atoms with van der Waals surface area (Å²) in [5.41, 5.74) is 7.21. The van der Waals surface area contributed by atoms with Gasteiger partial charge in [-0.15, -0.1) is 0 Å². The fourth-order valence-corrected chi connectivity index (χ4v) is 9.19. The maximum absolute atomic E-state index is 15.9. The van der Waals surface area contributed by atoms with Crippen LogP contribution >= 0.6 is 0 Å². The minimum Gasteiger partial charge on any atom is -0.486 e. The van der Waals surface area contributed by atoms with E-state index in [9.17, 15) is 4.79 Å². The van der Waals surface area contributed by atoms with E-state index in [1.54, 1.807) is 30.2 Å². The average Bonchev–Trinajstić information content (AvgIpc) is 3.49. The Balaban J connectivity index is 1.05. The van der Waals surface area contributed by atoms with Crippen molar-refractivity contribution in [2.75, 3.05) is 31.2 Å². The van der Waals surface area contributed by atoms with Gasteiger partial charge in [0, 0.05) is 79.4 Å². The van der Waals surface area contributed by atoms with Gasteiger partial charge in [-0.1, -0.05) is 24.3 Å². The number of benzene rings is 3. The summed E-state index contributed by atoms with van der Waals surface area (Å²) >= 11 is 0. The van der Waals surface area contributed by atoms with Crippen molar-refractivity contribution in [1.29, 1.82) is 0 Å². The largest absolute Gasteiger partial charge is 0.486 e. The number of H-pyrrole nitrogens is 1. The highest BCUT2D eigenvalue weighted by Gasteiger charge is 2.41. The molecule has 2 bridgehead atoms. The van der Waals surface area contributed by atoms with E-state index in [0.717, 1.165) is 89.6 Å². The standard InChI is InChI=1S/C43H43FN10O4/c1-23-33(44)17-34-32(19-48-51-34)35(23)36-30(26-7-8-26)16-31-37(49-42(58-29-9-13-56-14-10-29)50-39(31)53-21-27-15-28(53)18-47-27)38(36)57-22-25-5-3-24(4-6-25)20-54-41-40(45-11-12-46-41)52(2)43(54)55/h3-6,11-12,16-17,19,26-29,47H,7-10,13-15,18,20-22H2,1-2H3,(H,48,51)/t27-,28-/m0/s1. The summed E-state index contributed by atoms with van der Waals surface area (Å²) in [5.74, 6) is 1.37. The van der Waals surface area contributed by atoms with Crippen molar-refractivity contribution in [1.82, 2.24) is 44.6 Å². The van der Waals surface area contributed by atoms with Crippen molar-refractivity contribution in [3.63, 3.8) is 0 Å². The van der Waals surface area contributed by atoms with Crippen LogP contribution in [0.15, 0.2) is 59.8 Å². The molecule has 0 amide bonds. The van der Waals surface area contributed by atoms with E-state index in [-0.39, 0.29) is 30.1 Å². The molecular formula is C43H43FN10O4. The molecular weight excluding hydrogens is 740 g/mol. The summed E-state index contributed by atoms with van der Waals surface area (Å²) in [7, 11) is 1.70. The molecule has 1 aliphatic carbocycles. The normalized spacial score (nSPS) is 19.6. The number of aryl methyl sites for hydroxylation is 1. The number of nitrogens with one attached hydrogen (secondary N) is 2. The Labute approximate surface area is 332 Å². The average molecular weight is 783 g/mol. The lowest BCUT2D eigenvalue weighted by atomic mass is 9.88. The number of imidazole rings is 1. The summed E-state index contributed by atoms with van der Waals surface area (Å²) < 4.78 is 38.4. The van der Waals surface area contributed by atoms with Crippen molar-refractivity contribution in [3.8, 4) is 22.9 Å². The lowest BCUT2D eigenvalue weighted by Gasteiger charge is -2.31. The molecule has 7 aromatic rings. The van der Waals surface area contributed by atoms with E-state index in [2.05, 4.69) is 36.4 Å². The fourth-order valence-electron chi connectivity index (χ4n) is 9.19. The Kier molecular flexibility index (Phi) is 8.43. The molecule has 11 rings (SSSR count). The van der Waals surface area contributed by atoms with Gasteiger partial charge in [-0.2, -0.15) is 15.1 Å². The summed E-state index contributed by atoms with van der Waals surface area (Å²) in [5, 5.41) is 12.7. The van der Waals surface area contributed by atoms with Crippen LogP contribution in [-0.2, 0) is 24.9 Å². The van der Waals surface area contributed by atoms with Crippen LogP contribution in [0.2, 0.25) is 0 Å². The lowest BCUT2D eigenvalue weighted by molar-refractivity contribution is 0.0219. The zero-order valence-electron chi connectivity index (χ0n) is 32.4. The maximum Gasteiger partial charge on any atom is 0.331 e. The van der Waals surface area contributed by atoms with Crippen LogP contribution in [0, 0.1) is 12.7 Å². The minimum atomic E-state index is -0.320. The molecule has 4 aliphatic rings. The summed E-state index contributed by atoms with van der Waals surface area (Å²) in [6.45, 7) is 5.37. The molecule has 3 saturated heterocycles. The first-order valence-corrected chi connectivity index (χ1v) is 20.2. The highest BCUT2D eigenvalue weighted by Crippen LogP contribution is 2.53. The van der Waals surface area contributed by atoms with Crippen molar-refractivity contribution in [3.05, 3.63) is 93.5 Å². The van der Waals surface area contributed by atoms with E-state index < -0.39 is 0 Å². The predicted molar refractivity (Wildman–Crippen MR) is 216 cm³/mol. The quantitative estimate of drug-likeness (QED) is 0.177. The van der Waals surface area contributed by atoms with E-state index in [4.69, 9.17) is 24.2 Å². The van der Waals surface area contributed by atoms with Gasteiger partial charge in [-0.25, -0.2) is 19.2 Å². The van der Waals surface area contributed by atoms with Gasteiger partial charge in [0.05, 0.1) is 31.5 Å². The molecule has 7 heterocycles. The number of aromatic amines is 1. The molecule has 0 spiro atoms. The molecule has 1 saturated carbocycles. The molecule has 2 N–H and O–H groups in total. The van der Waals surface area contributed by atoms with Gasteiger partial charge in [0.15, 0.2) is 17.0 Å². The molecule has 0 radical (unpaired) electrons. The molecule has 296 valence electrons. The Bertz CT molecular complexity index is 2790. The van der Waals surface area contributed by atoms with Gasteiger partial charge in [-0.05, 0) is 66.5 Å². The molecule has 3 aromatic carbocycles. The van der Waals surface area contributed by atoms with E-state index >= 15 is 4.39 Å². The molecule has 4 aromatic heterocycles. The fraction of sp³-hybridized carbons (Fsp3) is 0.395. The number of halogens is 1. The van der Waals surface area contributed by atoms with Gasteiger partial charge >= 0.3 is 11.7 Å². The molecule has 58 heavy (non-hydrogen) atoms. The van der Waals surface area contributed by atoms with Gasteiger partial charge in [0.1, 0.15) is 29.9 Å². The van der Waals surface area contributed by atoms with Gasteiger partial charge < -0.3 is 24.4 Å². The number of fused-ring (bicyclic) bond motifs is 5. The second-order valence-electron chi connectivity index (χ2n) is 16.2. The summed E-state index contributed by atoms with van der Waals surface area (Å²) in [6, 6.07) is 12.8. The third kappa shape index (κ3) is 5.97. The van der Waals surface area contributed by atoms with Gasteiger partial charge in [0.25, 0.3) is 0 Å². The van der Waals surface area contributed by atoms with Crippen molar-refractivity contribution in [2.24, 2.45) is 7.05 Å². The molecule has 2 atom stereocenters. The Morgan fingerprint density at radius 2 is 1.76 bits per heavy atom. The number of hydrogen-bond donors (Lipinski definition) is 2. The minimum absolute atomic E-state index is 0.0726. The number of aromatic nitrogens is 8. The van der Waals surface area contributed by atoms with Crippen molar-refractivity contribution < 1.29 is 18.6 Å². The van der Waals surface area contributed by atoms with E-state index in [1.807, 2.05) is 31.2 Å².